The van der Waals surface area contributed by atoms with Gasteiger partial charge in [0.05, 0.1) is 31.0 Å². The molecule has 2 aromatic rings. The van der Waals surface area contributed by atoms with E-state index < -0.39 is 0 Å². The van der Waals surface area contributed by atoms with Gasteiger partial charge in [-0.25, -0.2) is 4.68 Å². The van der Waals surface area contributed by atoms with E-state index in [1.165, 1.54) is 0 Å². The van der Waals surface area contributed by atoms with Crippen LogP contribution < -0.4 is 5.32 Å². The quantitative estimate of drug-likeness (QED) is 0.909. The van der Waals surface area contributed by atoms with Crippen molar-refractivity contribution in [2.45, 2.75) is 38.0 Å². The lowest BCUT2D eigenvalue weighted by atomic mass is 10.0. The van der Waals surface area contributed by atoms with Gasteiger partial charge in [0.15, 0.2) is 5.69 Å². The second-order valence-electron chi connectivity index (χ2n) is 7.09. The first-order valence-corrected chi connectivity index (χ1v) is 9.32. The van der Waals surface area contributed by atoms with Crippen LogP contribution in [0.1, 0.15) is 47.9 Å². The fraction of sp³-hybridized carbons (Fsp3) is 0.526. The lowest BCUT2D eigenvalue weighted by Gasteiger charge is -2.38. The number of piperidine rings is 1. The van der Waals surface area contributed by atoms with E-state index in [1.54, 1.807) is 6.20 Å². The molecule has 0 aliphatic carbocycles. The first kappa shape index (κ1) is 17.2. The molecule has 0 unspecified atom stereocenters. The fourth-order valence-corrected chi connectivity index (χ4v) is 3.75. The third-order valence-corrected chi connectivity index (χ3v) is 5.23. The predicted molar refractivity (Wildman–Crippen MR) is 96.8 cm³/mol. The van der Waals surface area contributed by atoms with Crippen LogP contribution in [0.4, 0.5) is 0 Å². The maximum atomic E-state index is 13.2. The number of nitrogens with one attached hydrogen (secondary N) is 1. The Balaban J connectivity index is 1.55. The number of hydrogen-bond donors (Lipinski definition) is 1. The molecular formula is C19H25N5O2. The molecule has 26 heavy (non-hydrogen) atoms. The van der Waals surface area contributed by atoms with Crippen molar-refractivity contribution < 1.29 is 9.53 Å². The van der Waals surface area contributed by atoms with Gasteiger partial charge in [-0.1, -0.05) is 35.5 Å². The number of benzene rings is 1. The molecule has 0 saturated carbocycles. The highest BCUT2D eigenvalue weighted by atomic mass is 16.5. The number of carbonyl (C=O) groups excluding carboxylic acids is 1. The summed E-state index contributed by atoms with van der Waals surface area (Å²) in [6.07, 6.45) is 3.84. The highest BCUT2D eigenvalue weighted by Gasteiger charge is 2.33. The zero-order valence-electron chi connectivity index (χ0n) is 15.0. The summed E-state index contributed by atoms with van der Waals surface area (Å²) in [5.74, 6) is -0.0748. The third-order valence-electron chi connectivity index (χ3n) is 5.23. The zero-order chi connectivity index (χ0) is 17.9. The molecule has 7 heteroatoms. The van der Waals surface area contributed by atoms with E-state index in [-0.39, 0.29) is 18.1 Å². The summed E-state index contributed by atoms with van der Waals surface area (Å²) in [5, 5.41) is 11.8. The molecule has 1 aromatic carbocycles. The number of amides is 1. The Morgan fingerprint density at radius 1 is 1.23 bits per heavy atom. The predicted octanol–water partition coefficient (Wildman–Crippen LogP) is 1.80. The molecule has 2 saturated heterocycles. The highest BCUT2D eigenvalue weighted by molar-refractivity contribution is 5.92. The number of ether oxygens (including phenoxy) is 1. The molecule has 0 bridgehead atoms. The highest BCUT2D eigenvalue weighted by Crippen LogP contribution is 2.28. The first-order valence-electron chi connectivity index (χ1n) is 9.32. The van der Waals surface area contributed by atoms with E-state index in [1.807, 2.05) is 46.8 Å². The van der Waals surface area contributed by atoms with Gasteiger partial charge < -0.3 is 15.0 Å². The van der Waals surface area contributed by atoms with Crippen LogP contribution in [0.3, 0.4) is 0 Å². The summed E-state index contributed by atoms with van der Waals surface area (Å²) in [5.41, 5.74) is 1.50. The van der Waals surface area contributed by atoms with E-state index >= 15 is 0 Å². The van der Waals surface area contributed by atoms with Crippen molar-refractivity contribution in [2.75, 3.05) is 26.2 Å². The first-order chi connectivity index (χ1) is 12.7. The maximum absolute atomic E-state index is 13.2. The lowest BCUT2D eigenvalue weighted by molar-refractivity contribution is -0.0449. The van der Waals surface area contributed by atoms with Crippen molar-refractivity contribution in [2.24, 2.45) is 0 Å². The minimum atomic E-state index is -0.0936. The fourth-order valence-electron chi connectivity index (χ4n) is 3.75. The maximum Gasteiger partial charge on any atom is 0.276 e. The summed E-state index contributed by atoms with van der Waals surface area (Å²) >= 11 is 0. The summed E-state index contributed by atoms with van der Waals surface area (Å²) in [6.45, 7) is 5.00. The zero-order valence-corrected chi connectivity index (χ0v) is 15.0. The van der Waals surface area contributed by atoms with Crippen LogP contribution >= 0.6 is 0 Å². The Morgan fingerprint density at radius 2 is 2.00 bits per heavy atom. The number of aromatic nitrogens is 3. The van der Waals surface area contributed by atoms with Crippen LogP contribution in [-0.2, 0) is 4.74 Å². The van der Waals surface area contributed by atoms with Crippen LogP contribution in [0.5, 0.6) is 0 Å². The second kappa shape index (κ2) is 7.55. The van der Waals surface area contributed by atoms with Gasteiger partial charge in [0.2, 0.25) is 0 Å². The number of rotatable bonds is 3. The minimum absolute atomic E-state index is 0.0124. The number of carbonyl (C=O) groups is 1. The standard InChI is InChI=1S/C19H25N5O2/c1-14-11-23(18(13-26-14)15-5-3-2-4-6-15)19(25)17-12-24(22-21-17)16-7-9-20-10-8-16/h2-6,12,14,16,18,20H,7-11,13H2,1H3/t14-,18-/m0/s1. The summed E-state index contributed by atoms with van der Waals surface area (Å²) in [7, 11) is 0. The molecular weight excluding hydrogens is 330 g/mol. The Hall–Kier alpha value is -2.25. The average Bonchev–Trinajstić information content (AvgIpc) is 3.19. The van der Waals surface area contributed by atoms with Crippen molar-refractivity contribution >= 4 is 5.91 Å². The topological polar surface area (TPSA) is 72.3 Å². The number of nitrogens with zero attached hydrogens (tertiary/aromatic N) is 4. The van der Waals surface area contributed by atoms with Crippen molar-refractivity contribution in [1.29, 1.82) is 0 Å². The summed E-state index contributed by atoms with van der Waals surface area (Å²) in [6, 6.07) is 10.3. The monoisotopic (exact) mass is 355 g/mol. The Morgan fingerprint density at radius 3 is 2.77 bits per heavy atom. The van der Waals surface area contributed by atoms with Crippen molar-refractivity contribution in [3.63, 3.8) is 0 Å². The molecule has 2 atom stereocenters. The molecule has 2 fully saturated rings. The van der Waals surface area contributed by atoms with Gasteiger partial charge >= 0.3 is 0 Å². The molecule has 2 aliphatic heterocycles. The van der Waals surface area contributed by atoms with Gasteiger partial charge in [-0.3, -0.25) is 4.79 Å². The average molecular weight is 355 g/mol. The van der Waals surface area contributed by atoms with Crippen LogP contribution in [0.15, 0.2) is 36.5 Å². The van der Waals surface area contributed by atoms with E-state index in [0.717, 1.165) is 31.5 Å². The SMILES string of the molecule is C[C@H]1CN(C(=O)c2cn(C3CCNCC3)nn2)[C@H](c2ccccc2)CO1. The van der Waals surface area contributed by atoms with Crippen LogP contribution in [0, 0.1) is 0 Å². The smallest absolute Gasteiger partial charge is 0.276 e. The van der Waals surface area contributed by atoms with Gasteiger partial charge in [0.25, 0.3) is 5.91 Å². The Labute approximate surface area is 153 Å². The molecule has 1 aromatic heterocycles. The molecule has 1 N–H and O–H groups in total. The lowest BCUT2D eigenvalue weighted by Crippen LogP contribution is -2.46. The van der Waals surface area contributed by atoms with Crippen molar-refractivity contribution in [1.82, 2.24) is 25.2 Å². The van der Waals surface area contributed by atoms with E-state index in [9.17, 15) is 4.79 Å². The third kappa shape index (κ3) is 3.50. The summed E-state index contributed by atoms with van der Waals surface area (Å²) < 4.78 is 7.68. The molecule has 138 valence electrons. The van der Waals surface area contributed by atoms with Crippen molar-refractivity contribution in [3.8, 4) is 0 Å². The van der Waals surface area contributed by atoms with Gasteiger partial charge in [0, 0.05) is 6.54 Å². The van der Waals surface area contributed by atoms with E-state index in [4.69, 9.17) is 4.74 Å². The molecule has 4 rings (SSSR count). The van der Waals surface area contributed by atoms with Crippen molar-refractivity contribution in [3.05, 3.63) is 47.8 Å². The molecule has 1 amide bonds. The van der Waals surface area contributed by atoms with E-state index in [0.29, 0.717) is 24.9 Å². The van der Waals surface area contributed by atoms with E-state index in [2.05, 4.69) is 15.6 Å². The second-order valence-corrected chi connectivity index (χ2v) is 7.09. The van der Waals surface area contributed by atoms with Crippen LogP contribution in [-0.4, -0.2) is 58.1 Å². The molecule has 7 nitrogen and oxygen atoms in total. The molecule has 0 spiro atoms. The summed E-state index contributed by atoms with van der Waals surface area (Å²) in [4.78, 5) is 15.0. The number of morpholine rings is 1. The Kier molecular flexibility index (Phi) is 4.99. The van der Waals surface area contributed by atoms with Crippen LogP contribution in [0.2, 0.25) is 0 Å². The van der Waals surface area contributed by atoms with Gasteiger partial charge in [-0.2, -0.15) is 0 Å². The largest absolute Gasteiger partial charge is 0.374 e. The van der Waals surface area contributed by atoms with Crippen LogP contribution in [0.25, 0.3) is 0 Å². The normalized spacial score (nSPS) is 24.6. The molecule has 2 aliphatic rings. The molecule has 0 radical (unpaired) electrons. The van der Waals surface area contributed by atoms with Gasteiger partial charge in [-0.05, 0) is 38.4 Å². The Bertz CT molecular complexity index is 741. The minimum Gasteiger partial charge on any atom is -0.374 e. The van der Waals surface area contributed by atoms with Gasteiger partial charge in [-0.15, -0.1) is 5.10 Å². The number of hydrogen-bond acceptors (Lipinski definition) is 5. The molecule has 3 heterocycles. The van der Waals surface area contributed by atoms with Gasteiger partial charge in [0.1, 0.15) is 0 Å².